The van der Waals surface area contributed by atoms with Gasteiger partial charge in [-0.05, 0) is 49.6 Å². The lowest BCUT2D eigenvalue weighted by Gasteiger charge is -2.13. The molecule has 114 valence electrons. The highest BCUT2D eigenvalue weighted by Gasteiger charge is 2.28. The number of benzene rings is 2. The lowest BCUT2D eigenvalue weighted by atomic mass is 10.1. The Labute approximate surface area is 135 Å². The number of aryl methyl sites for hydroxylation is 2. The van der Waals surface area contributed by atoms with E-state index in [1.54, 1.807) is 18.9 Å². The predicted molar refractivity (Wildman–Crippen MR) is 90.9 cm³/mol. The standard InChI is InChI=1S/C18H19NO2S/c1-11-5-7-15(21-3)14(8-11)19-18(20)17-10-13-6-4-12(2)9-16(13)22-17/h4-9,17H,10H2,1-3H3,(H,19,20). The normalized spacial score (nSPS) is 16.2. The van der Waals surface area contributed by atoms with Gasteiger partial charge in [-0.2, -0.15) is 0 Å². The van der Waals surface area contributed by atoms with E-state index < -0.39 is 0 Å². The number of hydrogen-bond donors (Lipinski definition) is 1. The topological polar surface area (TPSA) is 38.3 Å². The summed E-state index contributed by atoms with van der Waals surface area (Å²) in [7, 11) is 1.61. The van der Waals surface area contributed by atoms with Crippen LogP contribution >= 0.6 is 11.8 Å². The zero-order chi connectivity index (χ0) is 15.7. The van der Waals surface area contributed by atoms with Crippen LogP contribution in [-0.4, -0.2) is 18.3 Å². The molecular weight excluding hydrogens is 294 g/mol. The molecule has 3 rings (SSSR count). The van der Waals surface area contributed by atoms with Crippen LogP contribution in [0.1, 0.15) is 16.7 Å². The number of methoxy groups -OCH3 is 1. The number of carbonyl (C=O) groups excluding carboxylic acids is 1. The van der Waals surface area contributed by atoms with Crippen molar-refractivity contribution < 1.29 is 9.53 Å². The van der Waals surface area contributed by atoms with Crippen LogP contribution in [0.25, 0.3) is 0 Å². The zero-order valence-electron chi connectivity index (χ0n) is 13.0. The van der Waals surface area contributed by atoms with Gasteiger partial charge in [0.05, 0.1) is 18.0 Å². The van der Waals surface area contributed by atoms with Crippen molar-refractivity contribution in [2.24, 2.45) is 0 Å². The van der Waals surface area contributed by atoms with Crippen LogP contribution in [0.15, 0.2) is 41.3 Å². The highest BCUT2D eigenvalue weighted by Crippen LogP contribution is 2.38. The number of hydrogen-bond acceptors (Lipinski definition) is 3. The Morgan fingerprint density at radius 2 is 1.91 bits per heavy atom. The maximum Gasteiger partial charge on any atom is 0.238 e. The number of anilines is 1. The van der Waals surface area contributed by atoms with Gasteiger partial charge in [0.25, 0.3) is 0 Å². The average molecular weight is 313 g/mol. The summed E-state index contributed by atoms with van der Waals surface area (Å²) in [5.41, 5.74) is 4.31. The van der Waals surface area contributed by atoms with E-state index in [4.69, 9.17) is 4.74 Å². The first-order valence-corrected chi connectivity index (χ1v) is 8.16. The molecule has 0 radical (unpaired) electrons. The number of carbonyl (C=O) groups is 1. The first-order chi connectivity index (χ1) is 10.6. The van der Waals surface area contributed by atoms with Gasteiger partial charge in [-0.15, -0.1) is 11.8 Å². The first kappa shape index (κ1) is 15.0. The van der Waals surface area contributed by atoms with Crippen LogP contribution in [0.5, 0.6) is 5.75 Å². The number of fused-ring (bicyclic) bond motifs is 1. The Morgan fingerprint density at radius 3 is 2.68 bits per heavy atom. The van der Waals surface area contributed by atoms with E-state index in [0.29, 0.717) is 5.75 Å². The zero-order valence-corrected chi connectivity index (χ0v) is 13.8. The van der Waals surface area contributed by atoms with E-state index in [9.17, 15) is 4.79 Å². The van der Waals surface area contributed by atoms with Crippen molar-refractivity contribution in [2.45, 2.75) is 30.4 Å². The molecule has 2 aromatic rings. The third kappa shape index (κ3) is 2.97. The second-order valence-electron chi connectivity index (χ2n) is 5.61. The van der Waals surface area contributed by atoms with Crippen molar-refractivity contribution in [3.63, 3.8) is 0 Å². The van der Waals surface area contributed by atoms with Crippen LogP contribution in [0.3, 0.4) is 0 Å². The summed E-state index contributed by atoms with van der Waals surface area (Å²) in [6, 6.07) is 12.2. The lowest BCUT2D eigenvalue weighted by molar-refractivity contribution is -0.115. The van der Waals surface area contributed by atoms with Crippen LogP contribution in [0.2, 0.25) is 0 Å². The minimum absolute atomic E-state index is 0.0303. The second kappa shape index (κ2) is 6.05. The van der Waals surface area contributed by atoms with Gasteiger partial charge in [0, 0.05) is 4.90 Å². The fourth-order valence-corrected chi connectivity index (χ4v) is 3.91. The Balaban J connectivity index is 1.75. The average Bonchev–Trinajstić information content (AvgIpc) is 2.90. The van der Waals surface area contributed by atoms with E-state index in [1.807, 2.05) is 25.1 Å². The van der Waals surface area contributed by atoms with E-state index in [0.717, 1.165) is 17.7 Å². The Bertz CT molecular complexity index is 727. The van der Waals surface area contributed by atoms with Crippen LogP contribution < -0.4 is 10.1 Å². The van der Waals surface area contributed by atoms with Gasteiger partial charge >= 0.3 is 0 Å². The summed E-state index contributed by atoms with van der Waals surface area (Å²) in [6.07, 6.45) is 0.778. The summed E-state index contributed by atoms with van der Waals surface area (Å²) in [4.78, 5) is 13.8. The monoisotopic (exact) mass is 313 g/mol. The molecule has 0 saturated heterocycles. The minimum Gasteiger partial charge on any atom is -0.495 e. The Hall–Kier alpha value is -1.94. The fourth-order valence-electron chi connectivity index (χ4n) is 2.61. The molecule has 1 heterocycles. The third-order valence-electron chi connectivity index (χ3n) is 3.80. The quantitative estimate of drug-likeness (QED) is 0.932. The van der Waals surface area contributed by atoms with Crippen molar-refractivity contribution in [3.8, 4) is 5.75 Å². The lowest BCUT2D eigenvalue weighted by Crippen LogP contribution is -2.24. The molecule has 1 aliphatic heterocycles. The van der Waals surface area contributed by atoms with Crippen molar-refractivity contribution in [3.05, 3.63) is 53.1 Å². The second-order valence-corrected chi connectivity index (χ2v) is 6.86. The molecular formula is C18H19NO2S. The van der Waals surface area contributed by atoms with E-state index in [-0.39, 0.29) is 11.2 Å². The summed E-state index contributed by atoms with van der Waals surface area (Å²) in [5, 5.41) is 2.93. The van der Waals surface area contributed by atoms with E-state index >= 15 is 0 Å². The Kier molecular flexibility index (Phi) is 4.12. The highest BCUT2D eigenvalue weighted by atomic mass is 32.2. The van der Waals surface area contributed by atoms with Crippen molar-refractivity contribution in [1.82, 2.24) is 0 Å². The largest absolute Gasteiger partial charge is 0.495 e. The smallest absolute Gasteiger partial charge is 0.238 e. The molecule has 0 aromatic heterocycles. The number of amides is 1. The molecule has 0 fully saturated rings. The van der Waals surface area contributed by atoms with E-state index in [1.165, 1.54) is 16.0 Å². The molecule has 4 heteroatoms. The Morgan fingerprint density at radius 1 is 1.18 bits per heavy atom. The summed E-state index contributed by atoms with van der Waals surface area (Å²) in [6.45, 7) is 4.07. The summed E-state index contributed by atoms with van der Waals surface area (Å²) >= 11 is 1.64. The molecule has 1 unspecified atom stereocenters. The molecule has 0 spiro atoms. The molecule has 1 atom stereocenters. The third-order valence-corrected chi connectivity index (χ3v) is 5.10. The first-order valence-electron chi connectivity index (χ1n) is 7.28. The number of nitrogens with one attached hydrogen (secondary N) is 1. The van der Waals surface area contributed by atoms with Crippen molar-refractivity contribution in [2.75, 3.05) is 12.4 Å². The molecule has 0 saturated carbocycles. The van der Waals surface area contributed by atoms with Crippen LogP contribution in [0.4, 0.5) is 5.69 Å². The van der Waals surface area contributed by atoms with Gasteiger partial charge in [-0.1, -0.05) is 23.8 Å². The molecule has 1 aliphatic rings. The summed E-state index contributed by atoms with van der Waals surface area (Å²) < 4.78 is 5.32. The van der Waals surface area contributed by atoms with Gasteiger partial charge < -0.3 is 10.1 Å². The molecule has 0 bridgehead atoms. The van der Waals surface area contributed by atoms with E-state index in [2.05, 4.69) is 30.4 Å². The van der Waals surface area contributed by atoms with Crippen molar-refractivity contribution in [1.29, 1.82) is 0 Å². The van der Waals surface area contributed by atoms with Gasteiger partial charge in [-0.3, -0.25) is 4.79 Å². The molecule has 1 N–H and O–H groups in total. The fraction of sp³-hybridized carbons (Fsp3) is 0.278. The molecule has 2 aromatic carbocycles. The molecule has 1 amide bonds. The van der Waals surface area contributed by atoms with Crippen molar-refractivity contribution >= 4 is 23.4 Å². The predicted octanol–water partition coefficient (Wildman–Crippen LogP) is 3.97. The maximum atomic E-state index is 12.6. The van der Waals surface area contributed by atoms with Gasteiger partial charge in [0.2, 0.25) is 5.91 Å². The van der Waals surface area contributed by atoms with Gasteiger partial charge in [0.15, 0.2) is 0 Å². The maximum absolute atomic E-state index is 12.6. The minimum atomic E-state index is -0.0815. The SMILES string of the molecule is COc1ccc(C)cc1NC(=O)C1Cc2ccc(C)cc2S1. The molecule has 22 heavy (non-hydrogen) atoms. The van der Waals surface area contributed by atoms with Crippen LogP contribution in [-0.2, 0) is 11.2 Å². The number of rotatable bonds is 3. The van der Waals surface area contributed by atoms with Gasteiger partial charge in [0.1, 0.15) is 5.75 Å². The highest BCUT2D eigenvalue weighted by molar-refractivity contribution is 8.01. The number of ether oxygens (including phenoxy) is 1. The summed E-state index contributed by atoms with van der Waals surface area (Å²) in [5.74, 6) is 0.720. The number of thioether (sulfide) groups is 1. The van der Waals surface area contributed by atoms with Crippen LogP contribution in [0, 0.1) is 13.8 Å². The van der Waals surface area contributed by atoms with Gasteiger partial charge in [-0.25, -0.2) is 0 Å². The molecule has 0 aliphatic carbocycles. The molecule has 3 nitrogen and oxygen atoms in total.